The largest absolute Gasteiger partial charge is 0.508 e. The molecule has 0 radical (unpaired) electrons. The number of phenols is 1. The van der Waals surface area contributed by atoms with Gasteiger partial charge < -0.3 is 10.0 Å². The van der Waals surface area contributed by atoms with Crippen LogP contribution < -0.4 is 0 Å². The van der Waals surface area contributed by atoms with Gasteiger partial charge in [-0.2, -0.15) is 10.1 Å². The lowest BCUT2D eigenvalue weighted by molar-refractivity contribution is 0.280. The number of aliphatic imine (C=N–C) groups is 1. The van der Waals surface area contributed by atoms with Crippen molar-refractivity contribution in [3.8, 4) is 5.75 Å². The first-order chi connectivity index (χ1) is 14.2. The number of para-hydroxylation sites is 1. The Labute approximate surface area is 179 Å². The van der Waals surface area contributed by atoms with Crippen LogP contribution in [0.1, 0.15) is 55.5 Å². The number of hydrazone groups is 1. The topological polar surface area (TPSA) is 77.2 Å². The lowest BCUT2D eigenvalue weighted by Gasteiger charge is -2.35. The zero-order valence-corrected chi connectivity index (χ0v) is 18.4. The zero-order valence-electron chi connectivity index (χ0n) is 16.8. The third-order valence-corrected chi connectivity index (χ3v) is 7.27. The summed E-state index contributed by atoms with van der Waals surface area (Å²) < 4.78 is 0. The van der Waals surface area contributed by atoms with E-state index in [0.29, 0.717) is 5.13 Å². The van der Waals surface area contributed by atoms with Crippen molar-refractivity contribution in [3.63, 3.8) is 0 Å². The molecule has 2 aromatic rings. The van der Waals surface area contributed by atoms with Crippen LogP contribution >= 0.6 is 23.1 Å². The number of phenolic OH excluding ortho intramolecular Hbond substituents is 1. The van der Waals surface area contributed by atoms with Crippen LogP contribution in [-0.2, 0) is 6.42 Å². The number of aromatic nitrogens is 2. The predicted molar refractivity (Wildman–Crippen MR) is 120 cm³/mol. The highest BCUT2D eigenvalue weighted by Crippen LogP contribution is 2.44. The molecule has 0 unspecified atom stereocenters. The van der Waals surface area contributed by atoms with Crippen LogP contribution in [-0.4, -0.2) is 49.3 Å². The second-order valence-electron chi connectivity index (χ2n) is 7.01. The van der Waals surface area contributed by atoms with Gasteiger partial charge in [-0.1, -0.05) is 55.1 Å². The Bertz CT molecular complexity index is 906. The highest BCUT2D eigenvalue weighted by atomic mass is 32.2. The Morgan fingerprint density at radius 2 is 1.93 bits per heavy atom. The van der Waals surface area contributed by atoms with E-state index in [1.807, 2.05) is 23.2 Å². The summed E-state index contributed by atoms with van der Waals surface area (Å²) in [5.41, 5.74) is 0.848. The molecular formula is C20H26N6OS2. The minimum absolute atomic E-state index is 0.148. The molecule has 1 aromatic carbocycles. The van der Waals surface area contributed by atoms with Crippen molar-refractivity contribution < 1.29 is 5.11 Å². The summed E-state index contributed by atoms with van der Waals surface area (Å²) in [6.07, 6.45) is 5.22. The van der Waals surface area contributed by atoms with E-state index in [2.05, 4.69) is 28.9 Å². The van der Waals surface area contributed by atoms with E-state index in [4.69, 9.17) is 10.1 Å². The van der Waals surface area contributed by atoms with Crippen LogP contribution in [0, 0.1) is 0 Å². The molecule has 2 aliphatic heterocycles. The molecule has 0 bridgehead atoms. The minimum Gasteiger partial charge on any atom is -0.508 e. The number of hydrogen-bond acceptors (Lipinski definition) is 7. The second kappa shape index (κ2) is 9.13. The summed E-state index contributed by atoms with van der Waals surface area (Å²) in [5.74, 6) is 1.08. The van der Waals surface area contributed by atoms with Gasteiger partial charge in [-0.3, -0.25) is 0 Å². The summed E-state index contributed by atoms with van der Waals surface area (Å²) in [7, 11) is 0. The van der Waals surface area contributed by atoms with E-state index in [1.54, 1.807) is 17.8 Å². The molecule has 0 amide bonds. The van der Waals surface area contributed by atoms with Crippen LogP contribution in [0.15, 0.2) is 34.4 Å². The van der Waals surface area contributed by atoms with Gasteiger partial charge in [0.05, 0.1) is 5.04 Å². The molecular weight excluding hydrogens is 404 g/mol. The van der Waals surface area contributed by atoms with Crippen LogP contribution in [0.3, 0.4) is 0 Å². The highest BCUT2D eigenvalue weighted by Gasteiger charge is 2.36. The molecule has 154 valence electrons. The minimum atomic E-state index is -0.148. The molecule has 0 saturated carbocycles. The van der Waals surface area contributed by atoms with E-state index >= 15 is 0 Å². The first kappa shape index (κ1) is 20.2. The normalized spacial score (nSPS) is 20.3. The maximum atomic E-state index is 10.5. The van der Waals surface area contributed by atoms with Crippen molar-refractivity contribution in [1.29, 1.82) is 0 Å². The number of benzene rings is 1. The first-order valence-electron chi connectivity index (χ1n) is 10.2. The maximum Gasteiger partial charge on any atom is 0.234 e. The molecule has 9 heteroatoms. The van der Waals surface area contributed by atoms with Gasteiger partial charge in [-0.15, -0.1) is 10.2 Å². The van der Waals surface area contributed by atoms with E-state index in [0.717, 1.165) is 60.3 Å². The third kappa shape index (κ3) is 4.40. The van der Waals surface area contributed by atoms with Gasteiger partial charge in [0.1, 0.15) is 16.1 Å². The Hall–Kier alpha value is -2.13. The number of thioether (sulfide) groups is 1. The van der Waals surface area contributed by atoms with E-state index in [1.165, 1.54) is 17.8 Å². The summed E-state index contributed by atoms with van der Waals surface area (Å²) in [6.45, 7) is 6.07. The van der Waals surface area contributed by atoms with Gasteiger partial charge >= 0.3 is 0 Å². The highest BCUT2D eigenvalue weighted by molar-refractivity contribution is 8.14. The van der Waals surface area contributed by atoms with Gasteiger partial charge in [-0.05, 0) is 38.2 Å². The summed E-state index contributed by atoms with van der Waals surface area (Å²) >= 11 is 3.20. The van der Waals surface area contributed by atoms with Crippen LogP contribution in [0.2, 0.25) is 0 Å². The molecule has 1 atom stereocenters. The van der Waals surface area contributed by atoms with Crippen molar-refractivity contribution in [2.45, 2.75) is 51.3 Å². The van der Waals surface area contributed by atoms with Gasteiger partial charge in [0.2, 0.25) is 11.1 Å². The maximum absolute atomic E-state index is 10.5. The van der Waals surface area contributed by atoms with Crippen molar-refractivity contribution in [3.05, 3.63) is 34.8 Å². The fourth-order valence-corrected chi connectivity index (χ4v) is 5.22. The Kier molecular flexibility index (Phi) is 6.34. The lowest BCUT2D eigenvalue weighted by Crippen LogP contribution is -2.44. The molecule has 1 N–H and O–H groups in total. The van der Waals surface area contributed by atoms with Crippen molar-refractivity contribution >= 4 is 39.2 Å². The van der Waals surface area contributed by atoms with Gasteiger partial charge in [0, 0.05) is 18.7 Å². The molecule has 0 aliphatic carbocycles. The molecule has 1 aromatic heterocycles. The SMILES string of the molecule is CCC1=NN(C(=Nc2nnc(CC)s2)N2CCCCC2)[C@H](c2ccccc2O)S1. The zero-order chi connectivity index (χ0) is 20.2. The Morgan fingerprint density at radius 3 is 2.62 bits per heavy atom. The Balaban J connectivity index is 1.75. The molecule has 29 heavy (non-hydrogen) atoms. The van der Waals surface area contributed by atoms with Crippen molar-refractivity contribution in [2.24, 2.45) is 10.1 Å². The van der Waals surface area contributed by atoms with E-state index < -0.39 is 0 Å². The molecule has 1 fully saturated rings. The van der Waals surface area contributed by atoms with Crippen molar-refractivity contribution in [1.82, 2.24) is 20.1 Å². The average Bonchev–Trinajstić information content (AvgIpc) is 3.39. The lowest BCUT2D eigenvalue weighted by atomic mass is 10.1. The quantitative estimate of drug-likeness (QED) is 0.557. The molecule has 7 nitrogen and oxygen atoms in total. The van der Waals surface area contributed by atoms with Gasteiger partial charge in [-0.25, -0.2) is 5.01 Å². The van der Waals surface area contributed by atoms with Crippen LogP contribution in [0.25, 0.3) is 0 Å². The third-order valence-electron chi connectivity index (χ3n) is 4.99. The number of rotatable bonds is 4. The monoisotopic (exact) mass is 430 g/mol. The number of piperidine rings is 1. The molecule has 1 saturated heterocycles. The summed E-state index contributed by atoms with van der Waals surface area (Å²) in [5, 5.41) is 28.4. The predicted octanol–water partition coefficient (Wildman–Crippen LogP) is 4.75. The summed E-state index contributed by atoms with van der Waals surface area (Å²) in [4.78, 5) is 7.22. The molecule has 4 rings (SSSR count). The number of hydrogen-bond donors (Lipinski definition) is 1. The van der Waals surface area contributed by atoms with Crippen LogP contribution in [0.4, 0.5) is 5.13 Å². The molecule has 2 aliphatic rings. The van der Waals surface area contributed by atoms with Crippen LogP contribution in [0.5, 0.6) is 5.75 Å². The van der Waals surface area contributed by atoms with Crippen molar-refractivity contribution in [2.75, 3.05) is 13.1 Å². The molecule has 3 heterocycles. The van der Waals surface area contributed by atoms with Gasteiger partial charge in [0.25, 0.3) is 0 Å². The number of guanidine groups is 1. The average molecular weight is 431 g/mol. The van der Waals surface area contributed by atoms with Gasteiger partial charge in [0.15, 0.2) is 0 Å². The summed E-state index contributed by atoms with van der Waals surface area (Å²) in [6, 6.07) is 7.49. The number of aryl methyl sites for hydroxylation is 1. The number of aromatic hydroxyl groups is 1. The number of nitrogens with zero attached hydrogens (tertiary/aromatic N) is 6. The fraction of sp³-hybridized carbons (Fsp3) is 0.500. The number of likely N-dealkylation sites (tertiary alicyclic amines) is 1. The smallest absolute Gasteiger partial charge is 0.234 e. The first-order valence-corrected chi connectivity index (χ1v) is 11.9. The fourth-order valence-electron chi connectivity index (χ4n) is 3.45. The van der Waals surface area contributed by atoms with E-state index in [-0.39, 0.29) is 11.1 Å². The standard InChI is InChI=1S/C20H26N6OS2/c1-3-16-22-23-19(29-16)21-20(25-12-8-5-9-13-25)26-18(28-17(4-2)24-26)14-10-6-7-11-15(14)27/h6-7,10-11,18,27H,3-5,8-9,12-13H2,1-2H3/t18-/m0/s1. The van der Waals surface area contributed by atoms with E-state index in [9.17, 15) is 5.11 Å². The second-order valence-corrected chi connectivity index (χ2v) is 9.21. The molecule has 0 spiro atoms. The Morgan fingerprint density at radius 1 is 1.14 bits per heavy atom.